The van der Waals surface area contributed by atoms with Crippen LogP contribution in [0.3, 0.4) is 0 Å². The fourth-order valence-corrected chi connectivity index (χ4v) is 2.29. The second-order valence-electron chi connectivity index (χ2n) is 5.01. The van der Waals surface area contributed by atoms with Crippen LogP contribution < -0.4 is 10.6 Å². The number of nitrogens with zero attached hydrogens (tertiary/aromatic N) is 2. The molecule has 94 valence electrons. The first-order chi connectivity index (χ1) is 8.16. The molecular formula is C14H23N3. The molecule has 1 aromatic rings. The van der Waals surface area contributed by atoms with Crippen LogP contribution in [-0.2, 0) is 0 Å². The van der Waals surface area contributed by atoms with Crippen LogP contribution in [0.15, 0.2) is 18.2 Å². The van der Waals surface area contributed by atoms with Crippen LogP contribution in [0.2, 0.25) is 0 Å². The summed E-state index contributed by atoms with van der Waals surface area (Å²) in [4.78, 5) is 4.82. The maximum absolute atomic E-state index is 5.94. The molecule has 1 heterocycles. The van der Waals surface area contributed by atoms with Gasteiger partial charge < -0.3 is 15.5 Å². The van der Waals surface area contributed by atoms with Crippen molar-refractivity contribution in [3.8, 4) is 0 Å². The van der Waals surface area contributed by atoms with Crippen molar-refractivity contribution in [2.75, 3.05) is 43.9 Å². The molecule has 0 unspecified atom stereocenters. The van der Waals surface area contributed by atoms with E-state index in [-0.39, 0.29) is 0 Å². The molecule has 1 aliphatic rings. The van der Waals surface area contributed by atoms with Crippen molar-refractivity contribution in [3.05, 3.63) is 23.8 Å². The predicted octanol–water partition coefficient (Wildman–Crippen LogP) is 2.11. The number of nitrogen functional groups attached to an aromatic ring is 1. The smallest absolute Gasteiger partial charge is 0.0384 e. The topological polar surface area (TPSA) is 32.5 Å². The minimum absolute atomic E-state index is 0.885. The van der Waals surface area contributed by atoms with E-state index in [9.17, 15) is 0 Å². The first-order valence-electron chi connectivity index (χ1n) is 6.46. The van der Waals surface area contributed by atoms with E-state index < -0.39 is 0 Å². The predicted molar refractivity (Wildman–Crippen MR) is 74.5 cm³/mol. The van der Waals surface area contributed by atoms with E-state index in [0.717, 1.165) is 24.3 Å². The van der Waals surface area contributed by atoms with Gasteiger partial charge in [-0.25, -0.2) is 0 Å². The Bertz CT molecular complexity index is 370. The van der Waals surface area contributed by atoms with Crippen molar-refractivity contribution in [3.63, 3.8) is 0 Å². The highest BCUT2D eigenvalue weighted by molar-refractivity contribution is 5.59. The first kappa shape index (κ1) is 12.2. The van der Waals surface area contributed by atoms with Crippen LogP contribution in [0.1, 0.15) is 18.4 Å². The van der Waals surface area contributed by atoms with Crippen molar-refractivity contribution in [1.82, 2.24) is 4.90 Å². The number of aryl methyl sites for hydroxylation is 1. The molecule has 0 radical (unpaired) electrons. The van der Waals surface area contributed by atoms with Crippen molar-refractivity contribution >= 4 is 11.4 Å². The Labute approximate surface area is 104 Å². The average molecular weight is 233 g/mol. The fraction of sp³-hybridized carbons (Fsp3) is 0.571. The lowest BCUT2D eigenvalue weighted by Crippen LogP contribution is -2.31. The van der Waals surface area contributed by atoms with Crippen molar-refractivity contribution in [2.24, 2.45) is 0 Å². The summed E-state index contributed by atoms with van der Waals surface area (Å²) in [6, 6.07) is 6.31. The number of likely N-dealkylation sites (tertiary alicyclic amines) is 1. The van der Waals surface area contributed by atoms with Crippen molar-refractivity contribution < 1.29 is 0 Å². The maximum Gasteiger partial charge on any atom is 0.0384 e. The highest BCUT2D eigenvalue weighted by Gasteiger charge is 2.12. The summed E-state index contributed by atoms with van der Waals surface area (Å²) in [6.07, 6.45) is 2.72. The molecule has 1 saturated heterocycles. The summed E-state index contributed by atoms with van der Waals surface area (Å²) in [5.41, 5.74) is 9.19. The molecule has 2 rings (SSSR count). The minimum Gasteiger partial charge on any atom is -0.398 e. The average Bonchev–Trinajstić information content (AvgIpc) is 2.82. The van der Waals surface area contributed by atoms with Gasteiger partial charge in [-0.3, -0.25) is 0 Å². The van der Waals surface area contributed by atoms with Gasteiger partial charge in [0.05, 0.1) is 0 Å². The largest absolute Gasteiger partial charge is 0.398 e. The molecule has 0 aromatic heterocycles. The van der Waals surface area contributed by atoms with Gasteiger partial charge in [0.2, 0.25) is 0 Å². The molecule has 0 aliphatic carbocycles. The van der Waals surface area contributed by atoms with E-state index in [2.05, 4.69) is 35.0 Å². The Hall–Kier alpha value is -1.22. The number of hydrogen-bond donors (Lipinski definition) is 1. The zero-order valence-electron chi connectivity index (χ0n) is 10.9. The number of rotatable bonds is 4. The van der Waals surface area contributed by atoms with Crippen LogP contribution in [0.4, 0.5) is 11.4 Å². The molecule has 1 fully saturated rings. The highest BCUT2D eigenvalue weighted by Crippen LogP contribution is 2.20. The van der Waals surface area contributed by atoms with Crippen molar-refractivity contribution in [1.29, 1.82) is 0 Å². The van der Waals surface area contributed by atoms with Gasteiger partial charge >= 0.3 is 0 Å². The summed E-state index contributed by atoms with van der Waals surface area (Å²) in [6.45, 7) is 6.81. The van der Waals surface area contributed by atoms with Gasteiger partial charge in [-0.05, 0) is 50.6 Å². The van der Waals surface area contributed by atoms with E-state index in [1.807, 2.05) is 6.92 Å². The molecule has 2 N–H and O–H groups in total. The zero-order valence-corrected chi connectivity index (χ0v) is 10.9. The molecular weight excluding hydrogens is 210 g/mol. The summed E-state index contributed by atoms with van der Waals surface area (Å²) < 4.78 is 0. The number of hydrogen-bond acceptors (Lipinski definition) is 3. The molecule has 0 bridgehead atoms. The van der Waals surface area contributed by atoms with Crippen LogP contribution in [0.5, 0.6) is 0 Å². The molecule has 3 nitrogen and oxygen atoms in total. The Balaban J connectivity index is 1.89. The number of nitrogens with two attached hydrogens (primary N) is 1. The van der Waals surface area contributed by atoms with Gasteiger partial charge in [0.15, 0.2) is 0 Å². The second-order valence-corrected chi connectivity index (χ2v) is 5.01. The molecule has 1 aromatic carbocycles. The monoisotopic (exact) mass is 233 g/mol. The third-order valence-electron chi connectivity index (χ3n) is 3.65. The molecule has 0 amide bonds. The summed E-state index contributed by atoms with van der Waals surface area (Å²) in [5, 5.41) is 0. The molecule has 0 spiro atoms. The number of anilines is 2. The Morgan fingerprint density at radius 1 is 1.29 bits per heavy atom. The SMILES string of the molecule is Cc1ccc(N(C)CCN2CCCC2)cc1N. The van der Waals surface area contributed by atoms with Gasteiger partial charge in [-0.1, -0.05) is 6.07 Å². The first-order valence-corrected chi connectivity index (χ1v) is 6.46. The lowest BCUT2D eigenvalue weighted by Gasteiger charge is -2.23. The minimum atomic E-state index is 0.885. The third-order valence-corrected chi connectivity index (χ3v) is 3.65. The van der Waals surface area contributed by atoms with E-state index in [1.54, 1.807) is 0 Å². The van der Waals surface area contributed by atoms with Crippen LogP contribution in [0.25, 0.3) is 0 Å². The molecule has 1 aliphatic heterocycles. The zero-order chi connectivity index (χ0) is 12.3. The lowest BCUT2D eigenvalue weighted by molar-refractivity contribution is 0.346. The third kappa shape index (κ3) is 3.13. The van der Waals surface area contributed by atoms with Gasteiger partial charge in [0, 0.05) is 31.5 Å². The quantitative estimate of drug-likeness (QED) is 0.808. The summed E-state index contributed by atoms with van der Waals surface area (Å²) >= 11 is 0. The maximum atomic E-state index is 5.94. The number of likely N-dealkylation sites (N-methyl/N-ethyl adjacent to an activating group) is 1. The second kappa shape index (κ2) is 5.41. The molecule has 0 saturated carbocycles. The van der Waals surface area contributed by atoms with Gasteiger partial charge in [0.25, 0.3) is 0 Å². The molecule has 0 atom stereocenters. The number of benzene rings is 1. The summed E-state index contributed by atoms with van der Waals surface area (Å²) in [5.74, 6) is 0. The van der Waals surface area contributed by atoms with Crippen LogP contribution in [-0.4, -0.2) is 38.1 Å². The van der Waals surface area contributed by atoms with Gasteiger partial charge in [-0.15, -0.1) is 0 Å². The standard InChI is InChI=1S/C14H23N3/c1-12-5-6-13(11-14(12)15)16(2)9-10-17-7-3-4-8-17/h5-6,11H,3-4,7-10,15H2,1-2H3. The molecule has 3 heteroatoms. The Kier molecular flexibility index (Phi) is 3.89. The Morgan fingerprint density at radius 2 is 2.00 bits per heavy atom. The van der Waals surface area contributed by atoms with Gasteiger partial charge in [-0.2, -0.15) is 0 Å². The normalized spacial score (nSPS) is 16.4. The fourth-order valence-electron chi connectivity index (χ4n) is 2.29. The van der Waals surface area contributed by atoms with E-state index >= 15 is 0 Å². The van der Waals surface area contributed by atoms with Crippen LogP contribution in [0, 0.1) is 6.92 Å². The van der Waals surface area contributed by atoms with Crippen LogP contribution >= 0.6 is 0 Å². The summed E-state index contributed by atoms with van der Waals surface area (Å²) in [7, 11) is 2.14. The Morgan fingerprint density at radius 3 is 2.65 bits per heavy atom. The lowest BCUT2D eigenvalue weighted by atomic mass is 10.2. The van der Waals surface area contributed by atoms with Gasteiger partial charge in [0.1, 0.15) is 0 Å². The van der Waals surface area contributed by atoms with E-state index in [0.29, 0.717) is 0 Å². The van der Waals surface area contributed by atoms with E-state index in [1.165, 1.54) is 31.6 Å². The van der Waals surface area contributed by atoms with E-state index in [4.69, 9.17) is 5.73 Å². The van der Waals surface area contributed by atoms with Crippen molar-refractivity contribution in [2.45, 2.75) is 19.8 Å². The molecule has 17 heavy (non-hydrogen) atoms. The highest BCUT2D eigenvalue weighted by atomic mass is 15.2.